The predicted octanol–water partition coefficient (Wildman–Crippen LogP) is 1.63. The molecule has 2 fully saturated rings. The molecule has 8 heteroatoms. The standard InChI is InChI=1S/C14H23F4N3O/c15-10-6-12(20)11(19)5-9(10)13(22)21-8-3-1-7(2-4-8)14(16,17)18/h7-12H,1-6,19-20H2,(H,21,22)/t7-,8-,9?,10?,11?,12?. The number of amides is 1. The second kappa shape index (κ2) is 6.70. The Balaban J connectivity index is 1.83. The number of carbonyl (C=O) groups is 1. The van der Waals surface area contributed by atoms with Gasteiger partial charge < -0.3 is 16.8 Å². The second-order valence-corrected chi connectivity index (χ2v) is 6.52. The third-order valence-corrected chi connectivity index (χ3v) is 4.88. The van der Waals surface area contributed by atoms with Crippen molar-refractivity contribution in [3.05, 3.63) is 0 Å². The van der Waals surface area contributed by atoms with Gasteiger partial charge in [0.05, 0.1) is 11.8 Å². The van der Waals surface area contributed by atoms with E-state index >= 15 is 0 Å². The first-order valence-electron chi connectivity index (χ1n) is 7.70. The van der Waals surface area contributed by atoms with Crippen molar-refractivity contribution in [3.63, 3.8) is 0 Å². The van der Waals surface area contributed by atoms with E-state index in [1.807, 2.05) is 0 Å². The van der Waals surface area contributed by atoms with Crippen LogP contribution in [0.2, 0.25) is 0 Å². The number of alkyl halides is 4. The number of halogens is 4. The van der Waals surface area contributed by atoms with Gasteiger partial charge in [0.2, 0.25) is 5.91 Å². The van der Waals surface area contributed by atoms with E-state index in [0.717, 1.165) is 0 Å². The van der Waals surface area contributed by atoms with Crippen molar-refractivity contribution in [2.75, 3.05) is 0 Å². The second-order valence-electron chi connectivity index (χ2n) is 6.52. The van der Waals surface area contributed by atoms with Gasteiger partial charge in [-0.3, -0.25) is 4.79 Å². The number of nitrogens with one attached hydrogen (secondary N) is 1. The van der Waals surface area contributed by atoms with Crippen molar-refractivity contribution in [1.82, 2.24) is 5.32 Å². The molecule has 0 bridgehead atoms. The Morgan fingerprint density at radius 1 is 1.00 bits per heavy atom. The SMILES string of the molecule is NC1CC(F)C(C(=O)N[C@H]2CC[C@H](C(F)(F)F)CC2)CC1N. The van der Waals surface area contributed by atoms with Crippen LogP contribution in [0, 0.1) is 11.8 Å². The Labute approximate surface area is 127 Å². The smallest absolute Gasteiger partial charge is 0.353 e. The van der Waals surface area contributed by atoms with Gasteiger partial charge in [-0.15, -0.1) is 0 Å². The van der Waals surface area contributed by atoms with Gasteiger partial charge >= 0.3 is 6.18 Å². The molecule has 2 aliphatic rings. The van der Waals surface area contributed by atoms with E-state index in [4.69, 9.17) is 11.5 Å². The van der Waals surface area contributed by atoms with Crippen LogP contribution in [0.5, 0.6) is 0 Å². The minimum Gasteiger partial charge on any atom is -0.353 e. The fourth-order valence-electron chi connectivity index (χ4n) is 3.36. The van der Waals surface area contributed by atoms with E-state index in [1.165, 1.54) is 0 Å². The van der Waals surface area contributed by atoms with Crippen LogP contribution in [-0.2, 0) is 4.79 Å². The first-order valence-corrected chi connectivity index (χ1v) is 7.70. The Morgan fingerprint density at radius 2 is 1.55 bits per heavy atom. The van der Waals surface area contributed by atoms with Gasteiger partial charge in [-0.2, -0.15) is 13.2 Å². The molecule has 128 valence electrons. The summed E-state index contributed by atoms with van der Waals surface area (Å²) in [4.78, 5) is 12.1. The highest BCUT2D eigenvalue weighted by molar-refractivity contribution is 5.79. The van der Waals surface area contributed by atoms with E-state index in [9.17, 15) is 22.4 Å². The maximum Gasteiger partial charge on any atom is 0.391 e. The van der Waals surface area contributed by atoms with E-state index in [-0.39, 0.29) is 44.6 Å². The van der Waals surface area contributed by atoms with Gasteiger partial charge in [0.15, 0.2) is 0 Å². The van der Waals surface area contributed by atoms with Gasteiger partial charge in [0.1, 0.15) is 6.17 Å². The van der Waals surface area contributed by atoms with Crippen LogP contribution in [0.4, 0.5) is 17.6 Å². The van der Waals surface area contributed by atoms with Gasteiger partial charge in [0, 0.05) is 18.1 Å². The molecule has 5 N–H and O–H groups in total. The predicted molar refractivity (Wildman–Crippen MR) is 73.5 cm³/mol. The zero-order valence-corrected chi connectivity index (χ0v) is 12.3. The molecular weight excluding hydrogens is 302 g/mol. The van der Waals surface area contributed by atoms with Crippen LogP contribution in [0.25, 0.3) is 0 Å². The molecule has 22 heavy (non-hydrogen) atoms. The number of hydrogen-bond acceptors (Lipinski definition) is 3. The van der Waals surface area contributed by atoms with Crippen molar-refractivity contribution in [2.45, 2.75) is 69.0 Å². The number of hydrogen-bond donors (Lipinski definition) is 3. The van der Waals surface area contributed by atoms with E-state index in [2.05, 4.69) is 5.32 Å². The van der Waals surface area contributed by atoms with Crippen molar-refractivity contribution in [2.24, 2.45) is 23.3 Å². The Bertz CT molecular complexity index is 396. The van der Waals surface area contributed by atoms with Crippen LogP contribution in [-0.4, -0.2) is 36.4 Å². The fourth-order valence-corrected chi connectivity index (χ4v) is 3.36. The van der Waals surface area contributed by atoms with Crippen molar-refractivity contribution < 1.29 is 22.4 Å². The third kappa shape index (κ3) is 4.10. The molecule has 0 spiro atoms. The lowest BCUT2D eigenvalue weighted by Gasteiger charge is -2.35. The normalized spacial score (nSPS) is 40.3. The number of carbonyl (C=O) groups excluding carboxylic acids is 1. The number of rotatable bonds is 2. The van der Waals surface area contributed by atoms with E-state index in [1.54, 1.807) is 0 Å². The maximum atomic E-state index is 13.9. The summed E-state index contributed by atoms with van der Waals surface area (Å²) >= 11 is 0. The van der Waals surface area contributed by atoms with Gasteiger partial charge in [-0.05, 0) is 38.5 Å². The Hall–Kier alpha value is -0.890. The van der Waals surface area contributed by atoms with Crippen LogP contribution < -0.4 is 16.8 Å². The highest BCUT2D eigenvalue weighted by Gasteiger charge is 2.43. The van der Waals surface area contributed by atoms with Gasteiger partial charge in [0.25, 0.3) is 0 Å². The summed E-state index contributed by atoms with van der Waals surface area (Å²) in [6.45, 7) is 0. The Kier molecular flexibility index (Phi) is 5.32. The summed E-state index contributed by atoms with van der Waals surface area (Å²) in [6, 6.07) is -1.20. The highest BCUT2D eigenvalue weighted by atomic mass is 19.4. The minimum atomic E-state index is -4.18. The molecule has 0 aromatic heterocycles. The van der Waals surface area contributed by atoms with Crippen molar-refractivity contribution >= 4 is 5.91 Å². The summed E-state index contributed by atoms with van der Waals surface area (Å²) in [5.74, 6) is -2.60. The van der Waals surface area contributed by atoms with Crippen molar-refractivity contribution in [1.29, 1.82) is 0 Å². The molecular formula is C14H23F4N3O. The fraction of sp³-hybridized carbons (Fsp3) is 0.929. The average molecular weight is 325 g/mol. The monoisotopic (exact) mass is 325 g/mol. The lowest BCUT2D eigenvalue weighted by molar-refractivity contribution is -0.182. The molecule has 2 rings (SSSR count). The van der Waals surface area contributed by atoms with Crippen molar-refractivity contribution in [3.8, 4) is 0 Å². The molecule has 0 aromatic carbocycles. The average Bonchev–Trinajstić information content (AvgIpc) is 2.42. The molecule has 2 saturated carbocycles. The first kappa shape index (κ1) is 17.5. The van der Waals surface area contributed by atoms with Gasteiger partial charge in [-0.25, -0.2) is 4.39 Å². The third-order valence-electron chi connectivity index (χ3n) is 4.88. The molecule has 4 atom stereocenters. The summed E-state index contributed by atoms with van der Waals surface area (Å²) in [6.07, 6.45) is -4.76. The van der Waals surface area contributed by atoms with E-state index in [0.29, 0.717) is 0 Å². The molecule has 1 amide bonds. The summed E-state index contributed by atoms with van der Waals surface area (Å²) in [7, 11) is 0. The molecule has 0 heterocycles. The van der Waals surface area contributed by atoms with Gasteiger partial charge in [-0.1, -0.05) is 0 Å². The highest BCUT2D eigenvalue weighted by Crippen LogP contribution is 2.37. The lowest BCUT2D eigenvalue weighted by atomic mass is 9.80. The zero-order valence-electron chi connectivity index (χ0n) is 12.3. The van der Waals surface area contributed by atoms with Crippen LogP contribution >= 0.6 is 0 Å². The molecule has 2 aliphatic carbocycles. The van der Waals surface area contributed by atoms with Crippen LogP contribution in [0.1, 0.15) is 38.5 Å². The molecule has 0 aliphatic heterocycles. The summed E-state index contributed by atoms with van der Waals surface area (Å²) in [5.41, 5.74) is 11.4. The molecule has 4 nitrogen and oxygen atoms in total. The first-order chi connectivity index (χ1) is 10.2. The van der Waals surface area contributed by atoms with E-state index < -0.39 is 42.2 Å². The minimum absolute atomic E-state index is 0.00253. The molecule has 0 saturated heterocycles. The Morgan fingerprint density at radius 3 is 2.09 bits per heavy atom. The quantitative estimate of drug-likeness (QED) is 0.675. The molecule has 0 radical (unpaired) electrons. The molecule has 0 aromatic rings. The zero-order chi connectivity index (χ0) is 16.5. The summed E-state index contributed by atoms with van der Waals surface area (Å²) < 4.78 is 51.7. The summed E-state index contributed by atoms with van der Waals surface area (Å²) in [5, 5.41) is 2.68. The van der Waals surface area contributed by atoms with Crippen LogP contribution in [0.3, 0.4) is 0 Å². The topological polar surface area (TPSA) is 81.1 Å². The number of nitrogens with two attached hydrogens (primary N) is 2. The lowest BCUT2D eigenvalue weighted by Crippen LogP contribution is -2.54. The van der Waals surface area contributed by atoms with Crippen LogP contribution in [0.15, 0.2) is 0 Å². The largest absolute Gasteiger partial charge is 0.391 e. The molecule has 4 unspecified atom stereocenters. The maximum absolute atomic E-state index is 13.9.